The predicted molar refractivity (Wildman–Crippen MR) is 143 cm³/mol. The Kier molecular flexibility index (Phi) is 10.5. The van der Waals surface area contributed by atoms with Gasteiger partial charge in [0.15, 0.2) is 0 Å². The first-order valence-corrected chi connectivity index (χ1v) is 13.0. The monoisotopic (exact) mass is 511 g/mol. The quantitative estimate of drug-likeness (QED) is 0.310. The van der Waals surface area contributed by atoms with Gasteiger partial charge in [-0.15, -0.1) is 11.3 Å². The van der Waals surface area contributed by atoms with Gasteiger partial charge in [0.1, 0.15) is 12.4 Å². The standard InChI is InChI=1S/C28H34FN3O3S/c1-4-23-8-5-6-9-25(23)30-28(34)31(15-7-16-35-3)20-27(33)32(19-26-21(2)14-17-36-26)18-22-10-12-24(29)13-11-22/h5-6,8-14,17H,4,7,15-16,18-20H2,1-3H3,(H,30,34). The van der Waals surface area contributed by atoms with Crippen LogP contribution in [0.1, 0.15) is 34.9 Å². The van der Waals surface area contributed by atoms with Gasteiger partial charge in [-0.25, -0.2) is 9.18 Å². The number of methoxy groups -OCH3 is 1. The van der Waals surface area contributed by atoms with Crippen LogP contribution in [0.5, 0.6) is 0 Å². The molecular formula is C28H34FN3O3S. The van der Waals surface area contributed by atoms with E-state index in [2.05, 4.69) is 5.32 Å². The lowest BCUT2D eigenvalue weighted by molar-refractivity contribution is -0.133. The number of anilines is 1. The van der Waals surface area contributed by atoms with E-state index in [4.69, 9.17) is 4.74 Å². The number of amides is 3. The molecular weight excluding hydrogens is 477 g/mol. The van der Waals surface area contributed by atoms with E-state index in [1.807, 2.05) is 49.6 Å². The molecule has 0 radical (unpaired) electrons. The fraction of sp³-hybridized carbons (Fsp3) is 0.357. The lowest BCUT2D eigenvalue weighted by atomic mass is 10.1. The number of nitrogens with zero attached hydrogens (tertiary/aromatic N) is 2. The van der Waals surface area contributed by atoms with Crippen molar-refractivity contribution >= 4 is 29.0 Å². The summed E-state index contributed by atoms with van der Waals surface area (Å²) >= 11 is 1.59. The van der Waals surface area contributed by atoms with Gasteiger partial charge in [-0.2, -0.15) is 0 Å². The van der Waals surface area contributed by atoms with Crippen LogP contribution in [0, 0.1) is 12.7 Å². The Bertz CT molecular complexity index is 1130. The first-order valence-electron chi connectivity index (χ1n) is 12.1. The molecule has 3 amide bonds. The van der Waals surface area contributed by atoms with E-state index >= 15 is 0 Å². The number of rotatable bonds is 12. The number of hydrogen-bond donors (Lipinski definition) is 1. The predicted octanol–water partition coefficient (Wildman–Crippen LogP) is 5.86. The fourth-order valence-electron chi connectivity index (χ4n) is 3.84. The minimum absolute atomic E-state index is 0.0740. The molecule has 0 saturated heterocycles. The summed E-state index contributed by atoms with van der Waals surface area (Å²) in [6.07, 6.45) is 1.39. The second kappa shape index (κ2) is 13.8. The zero-order valence-electron chi connectivity index (χ0n) is 21.1. The van der Waals surface area contributed by atoms with Crippen molar-refractivity contribution in [2.24, 2.45) is 0 Å². The molecule has 8 heteroatoms. The number of para-hydroxylation sites is 1. The lowest BCUT2D eigenvalue weighted by Gasteiger charge is -2.28. The topological polar surface area (TPSA) is 61.9 Å². The SMILES string of the molecule is CCc1ccccc1NC(=O)N(CCCOC)CC(=O)N(Cc1ccc(F)cc1)Cc1sccc1C. The van der Waals surface area contributed by atoms with Crippen LogP contribution in [0.2, 0.25) is 0 Å². The smallest absolute Gasteiger partial charge is 0.322 e. The largest absolute Gasteiger partial charge is 0.385 e. The number of ether oxygens (including phenoxy) is 1. The highest BCUT2D eigenvalue weighted by atomic mass is 32.1. The zero-order valence-corrected chi connectivity index (χ0v) is 21.9. The summed E-state index contributed by atoms with van der Waals surface area (Å²) in [5, 5.41) is 4.98. The van der Waals surface area contributed by atoms with E-state index in [-0.39, 0.29) is 24.3 Å². The summed E-state index contributed by atoms with van der Waals surface area (Å²) in [5.41, 5.74) is 3.71. The third-order valence-corrected chi connectivity index (χ3v) is 6.98. The Morgan fingerprint density at radius 1 is 1.03 bits per heavy atom. The van der Waals surface area contributed by atoms with E-state index in [0.29, 0.717) is 32.7 Å². The Labute approximate surface area is 216 Å². The minimum Gasteiger partial charge on any atom is -0.385 e. The molecule has 36 heavy (non-hydrogen) atoms. The summed E-state index contributed by atoms with van der Waals surface area (Å²) in [6, 6.07) is 15.5. The van der Waals surface area contributed by atoms with Gasteiger partial charge in [0.05, 0.1) is 6.54 Å². The third kappa shape index (κ3) is 7.90. The second-order valence-corrected chi connectivity index (χ2v) is 9.61. The average molecular weight is 512 g/mol. The van der Waals surface area contributed by atoms with E-state index in [0.717, 1.165) is 33.7 Å². The molecule has 1 aromatic heterocycles. The van der Waals surface area contributed by atoms with Crippen molar-refractivity contribution in [3.63, 3.8) is 0 Å². The zero-order chi connectivity index (χ0) is 25.9. The highest BCUT2D eigenvalue weighted by molar-refractivity contribution is 7.10. The first-order chi connectivity index (χ1) is 17.4. The van der Waals surface area contributed by atoms with Gasteiger partial charge in [-0.1, -0.05) is 37.3 Å². The Morgan fingerprint density at radius 3 is 2.44 bits per heavy atom. The van der Waals surface area contributed by atoms with Crippen LogP contribution in [0.25, 0.3) is 0 Å². The maximum Gasteiger partial charge on any atom is 0.322 e. The van der Waals surface area contributed by atoms with Crippen LogP contribution >= 0.6 is 11.3 Å². The van der Waals surface area contributed by atoms with Crippen LogP contribution in [0.15, 0.2) is 60.0 Å². The molecule has 1 N–H and O–H groups in total. The maximum atomic E-state index is 13.6. The number of thiophene rings is 1. The molecule has 0 atom stereocenters. The van der Waals surface area contributed by atoms with Crippen LogP contribution in [-0.2, 0) is 29.0 Å². The third-order valence-electron chi connectivity index (χ3n) is 5.97. The maximum absolute atomic E-state index is 13.6. The molecule has 192 valence electrons. The highest BCUT2D eigenvalue weighted by Gasteiger charge is 2.23. The summed E-state index contributed by atoms with van der Waals surface area (Å²) < 4.78 is 18.6. The number of nitrogens with one attached hydrogen (secondary N) is 1. The molecule has 0 bridgehead atoms. The second-order valence-electron chi connectivity index (χ2n) is 8.61. The molecule has 0 saturated carbocycles. The summed E-state index contributed by atoms with van der Waals surface area (Å²) in [7, 11) is 1.61. The molecule has 2 aromatic carbocycles. The number of hydrogen-bond acceptors (Lipinski definition) is 4. The fourth-order valence-corrected chi connectivity index (χ4v) is 4.76. The van der Waals surface area contributed by atoms with Crippen LogP contribution < -0.4 is 5.32 Å². The van der Waals surface area contributed by atoms with Gasteiger partial charge < -0.3 is 19.9 Å². The summed E-state index contributed by atoms with van der Waals surface area (Å²) in [6.45, 7) is 5.58. The number of carbonyl (C=O) groups excluding carboxylic acids is 2. The van der Waals surface area contributed by atoms with Gasteiger partial charge in [0.25, 0.3) is 0 Å². The Balaban J connectivity index is 1.79. The van der Waals surface area contributed by atoms with E-state index in [1.54, 1.807) is 35.5 Å². The molecule has 0 spiro atoms. The van der Waals surface area contributed by atoms with Crippen LogP contribution in [0.3, 0.4) is 0 Å². The van der Waals surface area contributed by atoms with Gasteiger partial charge in [0, 0.05) is 37.4 Å². The van der Waals surface area contributed by atoms with Gasteiger partial charge in [-0.3, -0.25) is 4.79 Å². The molecule has 1 heterocycles. The van der Waals surface area contributed by atoms with Crippen molar-refractivity contribution < 1.29 is 18.7 Å². The van der Waals surface area contributed by atoms with E-state index in [9.17, 15) is 14.0 Å². The molecule has 6 nitrogen and oxygen atoms in total. The van der Waals surface area contributed by atoms with E-state index < -0.39 is 0 Å². The van der Waals surface area contributed by atoms with Crippen LogP contribution in [0.4, 0.5) is 14.9 Å². The molecule has 0 aliphatic rings. The summed E-state index contributed by atoms with van der Waals surface area (Å²) in [4.78, 5) is 31.2. The number of aryl methyl sites for hydroxylation is 2. The Morgan fingerprint density at radius 2 is 1.78 bits per heavy atom. The number of urea groups is 1. The molecule has 0 fully saturated rings. The van der Waals surface area contributed by atoms with Crippen molar-refractivity contribution in [3.05, 3.63) is 87.4 Å². The molecule has 0 unspecified atom stereocenters. The van der Waals surface area contributed by atoms with E-state index in [1.165, 1.54) is 17.0 Å². The summed E-state index contributed by atoms with van der Waals surface area (Å²) in [5.74, 6) is -0.498. The van der Waals surface area contributed by atoms with Crippen molar-refractivity contribution in [3.8, 4) is 0 Å². The minimum atomic E-state index is -0.325. The normalized spacial score (nSPS) is 10.8. The molecule has 0 aliphatic heterocycles. The first kappa shape index (κ1) is 27.4. The number of carbonyl (C=O) groups is 2. The lowest BCUT2D eigenvalue weighted by Crippen LogP contribution is -2.44. The van der Waals surface area contributed by atoms with Crippen LogP contribution in [-0.4, -0.2) is 48.5 Å². The number of halogens is 1. The molecule has 0 aliphatic carbocycles. The number of benzene rings is 2. The van der Waals surface area contributed by atoms with Crippen molar-refractivity contribution in [1.82, 2.24) is 9.80 Å². The van der Waals surface area contributed by atoms with Gasteiger partial charge >= 0.3 is 6.03 Å². The Hall–Kier alpha value is -3.23. The van der Waals surface area contributed by atoms with Crippen molar-refractivity contribution in [2.75, 3.05) is 32.1 Å². The van der Waals surface area contributed by atoms with Gasteiger partial charge in [0.2, 0.25) is 5.91 Å². The molecule has 3 rings (SSSR count). The van der Waals surface area contributed by atoms with Gasteiger partial charge in [-0.05, 0) is 66.1 Å². The molecule has 3 aromatic rings. The van der Waals surface area contributed by atoms with Crippen molar-refractivity contribution in [1.29, 1.82) is 0 Å². The highest BCUT2D eigenvalue weighted by Crippen LogP contribution is 2.20. The van der Waals surface area contributed by atoms with Crippen molar-refractivity contribution in [2.45, 2.75) is 39.8 Å². The average Bonchev–Trinajstić information content (AvgIpc) is 3.28.